The van der Waals surface area contributed by atoms with Crippen LogP contribution < -0.4 is 5.32 Å². The Morgan fingerprint density at radius 3 is 2.56 bits per heavy atom. The molecular weight excluding hydrogens is 340 g/mol. The van der Waals surface area contributed by atoms with Crippen LogP contribution in [0.2, 0.25) is 0 Å². The van der Waals surface area contributed by atoms with Gasteiger partial charge in [0.05, 0.1) is 17.5 Å². The molecule has 1 N–H and O–H groups in total. The molecule has 2 heterocycles. The number of hydrogen-bond donors (Lipinski definition) is 1. The van der Waals surface area contributed by atoms with Crippen molar-refractivity contribution < 1.29 is 9.21 Å². The lowest BCUT2D eigenvalue weighted by molar-refractivity contribution is 0.102. The summed E-state index contributed by atoms with van der Waals surface area (Å²) in [5, 5.41) is 7.13. The summed E-state index contributed by atoms with van der Waals surface area (Å²) in [5.41, 5.74) is 2.89. The summed E-state index contributed by atoms with van der Waals surface area (Å²) in [7, 11) is 1.79. The molecule has 0 spiro atoms. The predicted octanol–water partition coefficient (Wildman–Crippen LogP) is 4.30. The maximum absolute atomic E-state index is 12.8. The fourth-order valence-electron chi connectivity index (χ4n) is 2.91. The average molecular weight is 358 g/mol. The highest BCUT2D eigenvalue weighted by atomic mass is 16.4. The van der Waals surface area contributed by atoms with Crippen LogP contribution in [0.3, 0.4) is 0 Å². The Morgan fingerprint density at radius 1 is 1.07 bits per heavy atom. The van der Waals surface area contributed by atoms with Crippen molar-refractivity contribution in [2.45, 2.75) is 6.92 Å². The van der Waals surface area contributed by atoms with Gasteiger partial charge >= 0.3 is 0 Å². The van der Waals surface area contributed by atoms with Gasteiger partial charge in [-0.1, -0.05) is 42.5 Å². The van der Waals surface area contributed by atoms with Crippen LogP contribution in [0, 0.1) is 6.92 Å². The van der Waals surface area contributed by atoms with Crippen LogP contribution in [0.4, 0.5) is 5.82 Å². The van der Waals surface area contributed by atoms with Crippen LogP contribution in [0.25, 0.3) is 22.8 Å². The number of amides is 1. The molecule has 134 valence electrons. The topological polar surface area (TPSA) is 73.0 Å². The Balaban J connectivity index is 1.66. The standard InChI is InChI=1S/C21H18N4O2/c1-14-12-19(25(2)24-14)23-20(26)16-10-6-7-11-17(16)21-22-13-18(27-21)15-8-4-3-5-9-15/h3-13H,1-2H3,(H,23,26). The minimum Gasteiger partial charge on any atom is -0.436 e. The summed E-state index contributed by atoms with van der Waals surface area (Å²) in [5.74, 6) is 1.45. The first-order valence-electron chi connectivity index (χ1n) is 8.54. The summed E-state index contributed by atoms with van der Waals surface area (Å²) < 4.78 is 7.55. The van der Waals surface area contributed by atoms with Gasteiger partial charge in [0.25, 0.3) is 5.91 Å². The van der Waals surface area contributed by atoms with E-state index >= 15 is 0 Å². The van der Waals surface area contributed by atoms with Gasteiger partial charge in [0, 0.05) is 24.2 Å². The maximum atomic E-state index is 12.8. The zero-order valence-corrected chi connectivity index (χ0v) is 15.0. The molecule has 0 radical (unpaired) electrons. The zero-order chi connectivity index (χ0) is 18.8. The smallest absolute Gasteiger partial charge is 0.257 e. The molecular formula is C21H18N4O2. The molecule has 0 bridgehead atoms. The molecule has 0 aliphatic rings. The molecule has 0 saturated heterocycles. The van der Waals surface area contributed by atoms with Crippen molar-refractivity contribution in [3.8, 4) is 22.8 Å². The van der Waals surface area contributed by atoms with E-state index in [0.717, 1.165) is 11.3 Å². The van der Waals surface area contributed by atoms with Crippen LogP contribution in [-0.4, -0.2) is 20.7 Å². The number of carbonyl (C=O) groups is 1. The molecule has 4 aromatic rings. The number of oxazole rings is 1. The Hall–Kier alpha value is -3.67. The highest BCUT2D eigenvalue weighted by molar-refractivity contribution is 6.07. The summed E-state index contributed by atoms with van der Waals surface area (Å²) in [4.78, 5) is 17.2. The molecule has 0 atom stereocenters. The molecule has 1 amide bonds. The normalized spacial score (nSPS) is 10.7. The molecule has 2 aromatic heterocycles. The van der Waals surface area contributed by atoms with E-state index in [9.17, 15) is 4.79 Å². The van der Waals surface area contributed by atoms with Crippen molar-refractivity contribution in [3.05, 3.63) is 78.1 Å². The predicted molar refractivity (Wildman–Crippen MR) is 103 cm³/mol. The molecule has 27 heavy (non-hydrogen) atoms. The molecule has 0 aliphatic carbocycles. The molecule has 4 rings (SSSR count). The van der Waals surface area contributed by atoms with E-state index in [-0.39, 0.29) is 5.91 Å². The minimum absolute atomic E-state index is 0.243. The third kappa shape index (κ3) is 3.37. The fourth-order valence-corrected chi connectivity index (χ4v) is 2.91. The first kappa shape index (κ1) is 16.8. The average Bonchev–Trinajstić information content (AvgIpc) is 3.29. The first-order chi connectivity index (χ1) is 13.1. The van der Waals surface area contributed by atoms with E-state index < -0.39 is 0 Å². The third-order valence-electron chi connectivity index (χ3n) is 4.21. The van der Waals surface area contributed by atoms with Crippen molar-refractivity contribution in [1.82, 2.24) is 14.8 Å². The first-order valence-corrected chi connectivity index (χ1v) is 8.54. The Morgan fingerprint density at radius 2 is 1.81 bits per heavy atom. The molecule has 6 heteroatoms. The maximum Gasteiger partial charge on any atom is 0.257 e. The van der Waals surface area contributed by atoms with E-state index in [1.165, 1.54) is 0 Å². The van der Waals surface area contributed by atoms with Crippen LogP contribution in [-0.2, 0) is 7.05 Å². The third-order valence-corrected chi connectivity index (χ3v) is 4.21. The number of carbonyl (C=O) groups excluding carboxylic acids is 1. The molecule has 2 aromatic carbocycles. The number of nitrogens with one attached hydrogen (secondary N) is 1. The Labute approximate surface area is 156 Å². The molecule has 0 aliphatic heterocycles. The lowest BCUT2D eigenvalue weighted by Crippen LogP contribution is -2.15. The minimum atomic E-state index is -0.243. The lowest BCUT2D eigenvalue weighted by atomic mass is 10.1. The second kappa shape index (κ2) is 6.92. The molecule has 0 saturated carbocycles. The summed E-state index contributed by atoms with van der Waals surface area (Å²) in [6, 6.07) is 18.8. The van der Waals surface area contributed by atoms with Gasteiger partial charge in [-0.3, -0.25) is 9.48 Å². The van der Waals surface area contributed by atoms with Gasteiger partial charge in [-0.05, 0) is 19.1 Å². The SMILES string of the molecule is Cc1cc(NC(=O)c2ccccc2-c2ncc(-c3ccccc3)o2)n(C)n1. The van der Waals surface area contributed by atoms with Gasteiger partial charge in [-0.2, -0.15) is 5.10 Å². The second-order valence-electron chi connectivity index (χ2n) is 6.19. The summed E-state index contributed by atoms with van der Waals surface area (Å²) in [6.07, 6.45) is 1.67. The van der Waals surface area contributed by atoms with Crippen molar-refractivity contribution in [1.29, 1.82) is 0 Å². The van der Waals surface area contributed by atoms with Crippen LogP contribution in [0.5, 0.6) is 0 Å². The van der Waals surface area contributed by atoms with Gasteiger partial charge in [0.15, 0.2) is 5.76 Å². The van der Waals surface area contributed by atoms with E-state index in [0.29, 0.717) is 28.6 Å². The van der Waals surface area contributed by atoms with E-state index in [1.807, 2.05) is 61.5 Å². The van der Waals surface area contributed by atoms with Crippen molar-refractivity contribution >= 4 is 11.7 Å². The van der Waals surface area contributed by atoms with Gasteiger partial charge < -0.3 is 9.73 Å². The number of aryl methyl sites for hydroxylation is 2. The number of aromatic nitrogens is 3. The lowest BCUT2D eigenvalue weighted by Gasteiger charge is -2.08. The van der Waals surface area contributed by atoms with Crippen molar-refractivity contribution in [3.63, 3.8) is 0 Å². The number of anilines is 1. The van der Waals surface area contributed by atoms with Gasteiger partial charge in [0.1, 0.15) is 5.82 Å². The zero-order valence-electron chi connectivity index (χ0n) is 15.0. The fraction of sp³-hybridized carbons (Fsp3) is 0.0952. The number of benzene rings is 2. The highest BCUT2D eigenvalue weighted by Crippen LogP contribution is 2.28. The second-order valence-corrected chi connectivity index (χ2v) is 6.19. The van der Waals surface area contributed by atoms with E-state index in [4.69, 9.17) is 4.42 Å². The van der Waals surface area contributed by atoms with Crippen molar-refractivity contribution in [2.24, 2.45) is 7.05 Å². The Kier molecular flexibility index (Phi) is 4.30. The largest absolute Gasteiger partial charge is 0.436 e. The Bertz CT molecular complexity index is 1100. The van der Waals surface area contributed by atoms with Crippen molar-refractivity contribution in [2.75, 3.05) is 5.32 Å². The number of nitrogens with zero attached hydrogens (tertiary/aromatic N) is 3. The summed E-state index contributed by atoms with van der Waals surface area (Å²) in [6.45, 7) is 1.88. The van der Waals surface area contributed by atoms with Crippen LogP contribution in [0.15, 0.2) is 71.3 Å². The molecule has 0 unspecified atom stereocenters. The molecule has 0 fully saturated rings. The van der Waals surface area contributed by atoms with Crippen LogP contribution >= 0.6 is 0 Å². The van der Waals surface area contributed by atoms with E-state index in [2.05, 4.69) is 15.4 Å². The monoisotopic (exact) mass is 358 g/mol. The van der Waals surface area contributed by atoms with Gasteiger partial charge in [0.2, 0.25) is 5.89 Å². The number of rotatable bonds is 4. The summed E-state index contributed by atoms with van der Waals surface area (Å²) >= 11 is 0. The van der Waals surface area contributed by atoms with Gasteiger partial charge in [-0.15, -0.1) is 0 Å². The number of hydrogen-bond acceptors (Lipinski definition) is 4. The highest BCUT2D eigenvalue weighted by Gasteiger charge is 2.18. The quantitative estimate of drug-likeness (QED) is 0.590. The molecule has 6 nitrogen and oxygen atoms in total. The van der Waals surface area contributed by atoms with E-state index in [1.54, 1.807) is 24.0 Å². The van der Waals surface area contributed by atoms with Gasteiger partial charge in [-0.25, -0.2) is 4.98 Å². The van der Waals surface area contributed by atoms with Crippen LogP contribution in [0.1, 0.15) is 16.1 Å².